The van der Waals surface area contributed by atoms with E-state index >= 15 is 0 Å². The highest BCUT2D eigenvalue weighted by Gasteiger charge is 2.36. The zero-order valence-corrected chi connectivity index (χ0v) is 13.1. The molecule has 2 heteroatoms. The molecule has 2 rings (SSSR count). The Morgan fingerprint density at radius 2 is 2.00 bits per heavy atom. The predicted molar refractivity (Wildman–Crippen MR) is 82.9 cm³/mol. The van der Waals surface area contributed by atoms with Crippen LogP contribution in [0.5, 0.6) is 5.75 Å². The molecule has 0 amide bonds. The quantitative estimate of drug-likeness (QED) is 0.857. The van der Waals surface area contributed by atoms with Crippen molar-refractivity contribution in [2.45, 2.75) is 58.5 Å². The lowest BCUT2D eigenvalue weighted by Crippen LogP contribution is -2.34. The van der Waals surface area contributed by atoms with Crippen molar-refractivity contribution in [1.29, 1.82) is 0 Å². The third kappa shape index (κ3) is 3.54. The van der Waals surface area contributed by atoms with E-state index in [1.165, 1.54) is 6.42 Å². The first-order chi connectivity index (χ1) is 9.55. The maximum absolute atomic E-state index is 11.0. The largest absolute Gasteiger partial charge is 0.494 e. The van der Waals surface area contributed by atoms with Gasteiger partial charge < -0.3 is 9.84 Å². The molecule has 1 saturated carbocycles. The number of hydrogen-bond acceptors (Lipinski definition) is 2. The zero-order chi connectivity index (χ0) is 14.6. The van der Waals surface area contributed by atoms with Gasteiger partial charge >= 0.3 is 0 Å². The maximum atomic E-state index is 11.0. The van der Waals surface area contributed by atoms with Gasteiger partial charge in [-0.25, -0.2) is 0 Å². The summed E-state index contributed by atoms with van der Waals surface area (Å²) in [7, 11) is 0. The van der Waals surface area contributed by atoms with Crippen LogP contribution < -0.4 is 4.74 Å². The van der Waals surface area contributed by atoms with Crippen LogP contribution in [-0.4, -0.2) is 11.7 Å². The zero-order valence-electron chi connectivity index (χ0n) is 13.1. The molecule has 0 radical (unpaired) electrons. The Balaban J connectivity index is 2.09. The van der Waals surface area contributed by atoms with E-state index in [0.29, 0.717) is 11.8 Å². The molecule has 1 aromatic rings. The van der Waals surface area contributed by atoms with E-state index in [4.69, 9.17) is 4.74 Å². The lowest BCUT2D eigenvalue weighted by Gasteiger charge is -2.39. The molecule has 0 heterocycles. The summed E-state index contributed by atoms with van der Waals surface area (Å²) in [5, 5.41) is 11.0. The van der Waals surface area contributed by atoms with Crippen LogP contribution in [0.2, 0.25) is 0 Å². The summed E-state index contributed by atoms with van der Waals surface area (Å²) in [6.07, 6.45) is 5.15. The molecule has 1 fully saturated rings. The van der Waals surface area contributed by atoms with E-state index in [-0.39, 0.29) is 0 Å². The van der Waals surface area contributed by atoms with E-state index in [9.17, 15) is 5.11 Å². The van der Waals surface area contributed by atoms with E-state index in [1.807, 2.05) is 24.3 Å². The van der Waals surface area contributed by atoms with Crippen LogP contribution in [-0.2, 0) is 5.60 Å². The second-order valence-corrected chi connectivity index (χ2v) is 6.50. The van der Waals surface area contributed by atoms with Gasteiger partial charge in [0.05, 0.1) is 12.2 Å². The van der Waals surface area contributed by atoms with Crippen molar-refractivity contribution in [2.75, 3.05) is 6.61 Å². The first-order valence-electron chi connectivity index (χ1n) is 8.01. The third-order valence-electron chi connectivity index (χ3n) is 4.57. The lowest BCUT2D eigenvalue weighted by atomic mass is 9.71. The maximum Gasteiger partial charge on any atom is 0.119 e. The second-order valence-electron chi connectivity index (χ2n) is 6.50. The van der Waals surface area contributed by atoms with Crippen molar-refractivity contribution in [3.05, 3.63) is 29.8 Å². The van der Waals surface area contributed by atoms with Crippen LogP contribution in [0.1, 0.15) is 58.4 Å². The SMILES string of the molecule is CCCOc1ccc(C2(O)CCCC(C(C)C)C2)cc1. The lowest BCUT2D eigenvalue weighted by molar-refractivity contribution is -0.0295. The smallest absolute Gasteiger partial charge is 0.119 e. The molecule has 20 heavy (non-hydrogen) atoms. The van der Waals surface area contributed by atoms with Gasteiger partial charge in [0.25, 0.3) is 0 Å². The van der Waals surface area contributed by atoms with Crippen LogP contribution in [0.15, 0.2) is 24.3 Å². The molecular formula is C18H28O2. The molecule has 2 atom stereocenters. The molecule has 1 N–H and O–H groups in total. The Hall–Kier alpha value is -1.02. The van der Waals surface area contributed by atoms with E-state index < -0.39 is 5.60 Å². The van der Waals surface area contributed by atoms with Crippen LogP contribution in [0.25, 0.3) is 0 Å². The summed E-state index contributed by atoms with van der Waals surface area (Å²) in [5.41, 5.74) is 0.405. The Kier molecular flexibility index (Phi) is 5.09. The van der Waals surface area contributed by atoms with E-state index in [2.05, 4.69) is 20.8 Å². The highest BCUT2D eigenvalue weighted by molar-refractivity contribution is 5.31. The van der Waals surface area contributed by atoms with Crippen molar-refractivity contribution in [3.63, 3.8) is 0 Å². The summed E-state index contributed by atoms with van der Waals surface area (Å²) in [6.45, 7) is 7.38. The predicted octanol–water partition coefficient (Wildman–Crippen LogP) is 4.51. The molecule has 0 aromatic heterocycles. The first kappa shape index (κ1) is 15.4. The molecule has 0 bridgehead atoms. The summed E-state index contributed by atoms with van der Waals surface area (Å²) in [6, 6.07) is 8.05. The molecule has 2 nitrogen and oxygen atoms in total. The van der Waals surface area contributed by atoms with Gasteiger partial charge in [0.15, 0.2) is 0 Å². The molecule has 0 saturated heterocycles. The average Bonchev–Trinajstić information content (AvgIpc) is 2.45. The second kappa shape index (κ2) is 6.62. The normalized spacial score (nSPS) is 26.8. The van der Waals surface area contributed by atoms with Crippen LogP contribution in [0, 0.1) is 11.8 Å². The average molecular weight is 276 g/mol. The molecule has 1 aliphatic rings. The number of benzene rings is 1. The van der Waals surface area contributed by atoms with Gasteiger partial charge in [0, 0.05) is 0 Å². The van der Waals surface area contributed by atoms with Gasteiger partial charge in [0.2, 0.25) is 0 Å². The number of aliphatic hydroxyl groups is 1. The van der Waals surface area contributed by atoms with Crippen molar-refractivity contribution in [3.8, 4) is 5.75 Å². The van der Waals surface area contributed by atoms with Crippen molar-refractivity contribution < 1.29 is 9.84 Å². The standard InChI is InChI=1S/C18H28O2/c1-4-12-20-17-9-7-16(8-10-17)18(19)11-5-6-15(13-18)14(2)3/h7-10,14-15,19H,4-6,11-13H2,1-3H3. The summed E-state index contributed by atoms with van der Waals surface area (Å²) in [4.78, 5) is 0. The Bertz CT molecular complexity index is 410. The Morgan fingerprint density at radius 1 is 1.30 bits per heavy atom. The molecule has 112 valence electrons. The van der Waals surface area contributed by atoms with Gasteiger partial charge in [-0.2, -0.15) is 0 Å². The van der Waals surface area contributed by atoms with E-state index in [0.717, 1.165) is 43.6 Å². The third-order valence-corrected chi connectivity index (χ3v) is 4.57. The monoisotopic (exact) mass is 276 g/mol. The number of ether oxygens (including phenoxy) is 1. The molecule has 0 aliphatic heterocycles. The molecular weight excluding hydrogens is 248 g/mol. The first-order valence-corrected chi connectivity index (χ1v) is 8.01. The topological polar surface area (TPSA) is 29.5 Å². The van der Waals surface area contributed by atoms with Gasteiger partial charge in [-0.1, -0.05) is 32.9 Å². The van der Waals surface area contributed by atoms with Gasteiger partial charge in [-0.15, -0.1) is 0 Å². The highest BCUT2D eigenvalue weighted by Crippen LogP contribution is 2.42. The Labute approximate surface area is 123 Å². The van der Waals surface area contributed by atoms with Gasteiger partial charge in [0.1, 0.15) is 5.75 Å². The van der Waals surface area contributed by atoms with Gasteiger partial charge in [-0.05, 0) is 61.6 Å². The molecule has 2 unspecified atom stereocenters. The fourth-order valence-corrected chi connectivity index (χ4v) is 3.21. The minimum atomic E-state index is -0.642. The molecule has 0 spiro atoms. The number of hydrogen-bond donors (Lipinski definition) is 1. The Morgan fingerprint density at radius 3 is 2.60 bits per heavy atom. The molecule has 1 aliphatic carbocycles. The van der Waals surface area contributed by atoms with Crippen LogP contribution in [0.4, 0.5) is 0 Å². The van der Waals surface area contributed by atoms with Crippen LogP contribution >= 0.6 is 0 Å². The van der Waals surface area contributed by atoms with Gasteiger partial charge in [-0.3, -0.25) is 0 Å². The van der Waals surface area contributed by atoms with Crippen molar-refractivity contribution in [1.82, 2.24) is 0 Å². The van der Waals surface area contributed by atoms with Crippen molar-refractivity contribution in [2.24, 2.45) is 11.8 Å². The minimum Gasteiger partial charge on any atom is -0.494 e. The van der Waals surface area contributed by atoms with E-state index in [1.54, 1.807) is 0 Å². The fourth-order valence-electron chi connectivity index (χ4n) is 3.21. The van der Waals surface area contributed by atoms with Crippen LogP contribution in [0.3, 0.4) is 0 Å². The molecule has 1 aromatic carbocycles. The summed E-state index contributed by atoms with van der Waals surface area (Å²) < 4.78 is 5.61. The number of rotatable bonds is 5. The summed E-state index contributed by atoms with van der Waals surface area (Å²) >= 11 is 0. The minimum absolute atomic E-state index is 0.629. The van der Waals surface area contributed by atoms with Crippen molar-refractivity contribution >= 4 is 0 Å². The highest BCUT2D eigenvalue weighted by atomic mass is 16.5. The summed E-state index contributed by atoms with van der Waals surface area (Å²) in [5.74, 6) is 2.18. The fraction of sp³-hybridized carbons (Fsp3) is 0.667.